The van der Waals surface area contributed by atoms with Crippen molar-refractivity contribution in [1.82, 2.24) is 9.97 Å². The van der Waals surface area contributed by atoms with Crippen LogP contribution in [0, 0.1) is 5.92 Å². The van der Waals surface area contributed by atoms with E-state index < -0.39 is 5.97 Å². The Morgan fingerprint density at radius 2 is 2.41 bits per heavy atom. The Hall–Kier alpha value is -1.85. The van der Waals surface area contributed by atoms with Crippen LogP contribution in [0.25, 0.3) is 0 Å². The lowest BCUT2D eigenvalue weighted by molar-refractivity contribution is -0.138. The molecule has 1 aliphatic rings. The van der Waals surface area contributed by atoms with Crippen LogP contribution in [0.1, 0.15) is 13.3 Å². The Morgan fingerprint density at radius 1 is 1.65 bits per heavy atom. The maximum atomic E-state index is 10.5. The minimum atomic E-state index is -0.751. The van der Waals surface area contributed by atoms with E-state index in [0.717, 1.165) is 0 Å². The van der Waals surface area contributed by atoms with Gasteiger partial charge in [-0.05, 0) is 6.92 Å². The third-order valence-corrected chi connectivity index (χ3v) is 2.61. The third kappa shape index (κ3) is 2.83. The van der Waals surface area contributed by atoms with E-state index in [2.05, 4.69) is 9.97 Å². The Morgan fingerprint density at radius 3 is 3.06 bits per heavy atom. The molecule has 0 aromatic carbocycles. The van der Waals surface area contributed by atoms with E-state index in [1.165, 1.54) is 0 Å². The molecule has 1 saturated heterocycles. The molecular weight excluding hydrogens is 222 g/mol. The molecule has 92 valence electrons. The normalized spacial score (nSPS) is 15.5. The molecule has 1 aromatic heterocycles. The van der Waals surface area contributed by atoms with Crippen LogP contribution >= 0.6 is 0 Å². The van der Waals surface area contributed by atoms with Gasteiger partial charge in [0.2, 0.25) is 11.8 Å². The van der Waals surface area contributed by atoms with Gasteiger partial charge in [-0.2, -0.15) is 4.98 Å². The van der Waals surface area contributed by atoms with Crippen LogP contribution in [0.3, 0.4) is 0 Å². The van der Waals surface area contributed by atoms with Crippen molar-refractivity contribution in [1.29, 1.82) is 0 Å². The van der Waals surface area contributed by atoms with Gasteiger partial charge >= 0.3 is 5.97 Å². The number of carboxylic acids is 1. The first-order valence-electron chi connectivity index (χ1n) is 5.61. The fraction of sp³-hybridized carbons (Fsp3) is 0.545. The largest absolute Gasteiger partial charge is 0.481 e. The second-order valence-electron chi connectivity index (χ2n) is 4.00. The van der Waals surface area contributed by atoms with E-state index in [1.54, 1.807) is 12.3 Å². The summed E-state index contributed by atoms with van der Waals surface area (Å²) >= 11 is 0. The van der Waals surface area contributed by atoms with Gasteiger partial charge in [0.15, 0.2) is 0 Å². The van der Waals surface area contributed by atoms with Crippen molar-refractivity contribution in [3.05, 3.63) is 12.3 Å². The molecule has 0 bridgehead atoms. The van der Waals surface area contributed by atoms with Gasteiger partial charge in [-0.3, -0.25) is 4.79 Å². The molecule has 0 amide bonds. The quantitative estimate of drug-likeness (QED) is 0.815. The minimum Gasteiger partial charge on any atom is -0.481 e. The van der Waals surface area contributed by atoms with E-state index in [1.807, 2.05) is 11.8 Å². The summed E-state index contributed by atoms with van der Waals surface area (Å²) in [5, 5.41) is 8.65. The first-order chi connectivity index (χ1) is 8.19. The first kappa shape index (κ1) is 11.6. The average Bonchev–Trinajstić information content (AvgIpc) is 2.23. The molecule has 0 aliphatic carbocycles. The summed E-state index contributed by atoms with van der Waals surface area (Å²) in [4.78, 5) is 20.9. The Kier molecular flexibility index (Phi) is 3.41. The van der Waals surface area contributed by atoms with Crippen molar-refractivity contribution >= 4 is 11.9 Å². The Bertz CT molecular complexity index is 405. The number of rotatable bonds is 5. The number of nitrogens with zero attached hydrogens (tertiary/aromatic N) is 3. The van der Waals surface area contributed by atoms with Gasteiger partial charge in [-0.25, -0.2) is 4.98 Å². The lowest BCUT2D eigenvalue weighted by Gasteiger charge is -2.38. The highest BCUT2D eigenvalue weighted by Crippen LogP contribution is 2.24. The maximum Gasteiger partial charge on any atom is 0.303 e. The smallest absolute Gasteiger partial charge is 0.303 e. The van der Waals surface area contributed by atoms with Crippen molar-refractivity contribution in [2.75, 3.05) is 24.6 Å². The van der Waals surface area contributed by atoms with Crippen LogP contribution in [0.2, 0.25) is 0 Å². The van der Waals surface area contributed by atoms with E-state index in [-0.39, 0.29) is 12.3 Å². The molecule has 1 aliphatic heterocycles. The predicted octanol–water partition coefficient (Wildman–Crippen LogP) is 0.786. The summed E-state index contributed by atoms with van der Waals surface area (Å²) in [5.41, 5.74) is 0. The molecule has 0 unspecified atom stereocenters. The summed E-state index contributed by atoms with van der Waals surface area (Å²) in [6, 6.07) is 1.71. The number of hydrogen-bond acceptors (Lipinski definition) is 5. The van der Waals surface area contributed by atoms with E-state index in [0.29, 0.717) is 31.5 Å². The standard InChI is InChI=1S/C11H15N3O3/c1-2-17-9-3-4-12-11(13-9)14-6-8(7-14)5-10(15)16/h3-4,8H,2,5-7H2,1H3,(H,15,16). The van der Waals surface area contributed by atoms with Gasteiger partial charge in [-0.1, -0.05) is 0 Å². The topological polar surface area (TPSA) is 75.5 Å². The third-order valence-electron chi connectivity index (χ3n) is 2.61. The lowest BCUT2D eigenvalue weighted by atomic mass is 9.97. The highest BCUT2D eigenvalue weighted by Gasteiger charge is 2.30. The van der Waals surface area contributed by atoms with Crippen LogP contribution in [-0.2, 0) is 4.79 Å². The molecule has 2 heterocycles. The summed E-state index contributed by atoms with van der Waals surface area (Å²) in [6.45, 7) is 3.86. The van der Waals surface area contributed by atoms with Gasteiger partial charge in [0, 0.05) is 31.3 Å². The monoisotopic (exact) mass is 237 g/mol. The highest BCUT2D eigenvalue weighted by molar-refractivity contribution is 5.67. The second-order valence-corrected chi connectivity index (χ2v) is 4.00. The summed E-state index contributed by atoms with van der Waals surface area (Å²) in [6.07, 6.45) is 1.86. The number of carboxylic acid groups (broad SMARTS) is 1. The molecule has 0 radical (unpaired) electrons. The molecule has 17 heavy (non-hydrogen) atoms. The minimum absolute atomic E-state index is 0.201. The molecule has 6 heteroatoms. The maximum absolute atomic E-state index is 10.5. The van der Waals surface area contributed by atoms with E-state index >= 15 is 0 Å². The molecule has 0 spiro atoms. The number of carbonyl (C=O) groups is 1. The van der Waals surface area contributed by atoms with Crippen LogP contribution in [0.5, 0.6) is 5.88 Å². The predicted molar refractivity (Wildman–Crippen MR) is 61.2 cm³/mol. The zero-order chi connectivity index (χ0) is 12.3. The van der Waals surface area contributed by atoms with Crippen LogP contribution < -0.4 is 9.64 Å². The van der Waals surface area contributed by atoms with Crippen molar-refractivity contribution in [3.8, 4) is 5.88 Å². The fourth-order valence-electron chi connectivity index (χ4n) is 1.82. The number of anilines is 1. The van der Waals surface area contributed by atoms with Crippen LogP contribution in [0.4, 0.5) is 5.95 Å². The van der Waals surface area contributed by atoms with Crippen molar-refractivity contribution in [3.63, 3.8) is 0 Å². The summed E-state index contributed by atoms with van der Waals surface area (Å²) in [7, 11) is 0. The molecule has 2 rings (SSSR count). The number of aromatic nitrogens is 2. The Balaban J connectivity index is 1.92. The number of aliphatic carboxylic acids is 1. The second kappa shape index (κ2) is 4.99. The van der Waals surface area contributed by atoms with Gasteiger partial charge in [0.05, 0.1) is 13.0 Å². The summed E-state index contributed by atoms with van der Waals surface area (Å²) < 4.78 is 5.28. The number of hydrogen-bond donors (Lipinski definition) is 1. The van der Waals surface area contributed by atoms with Crippen LogP contribution in [-0.4, -0.2) is 40.7 Å². The molecule has 1 fully saturated rings. The van der Waals surface area contributed by atoms with Crippen molar-refractivity contribution in [2.45, 2.75) is 13.3 Å². The fourth-order valence-corrected chi connectivity index (χ4v) is 1.82. The SMILES string of the molecule is CCOc1ccnc(N2CC(CC(=O)O)C2)n1. The average molecular weight is 237 g/mol. The molecule has 0 saturated carbocycles. The number of ether oxygens (including phenoxy) is 1. The molecule has 1 aromatic rings. The molecule has 0 atom stereocenters. The zero-order valence-electron chi connectivity index (χ0n) is 9.67. The first-order valence-corrected chi connectivity index (χ1v) is 5.61. The van der Waals surface area contributed by atoms with Crippen LogP contribution in [0.15, 0.2) is 12.3 Å². The van der Waals surface area contributed by atoms with Crippen molar-refractivity contribution in [2.24, 2.45) is 5.92 Å². The Labute approximate surface area is 99.2 Å². The van der Waals surface area contributed by atoms with Gasteiger partial charge in [0.25, 0.3) is 0 Å². The van der Waals surface area contributed by atoms with Gasteiger partial charge in [-0.15, -0.1) is 0 Å². The van der Waals surface area contributed by atoms with Gasteiger partial charge < -0.3 is 14.7 Å². The zero-order valence-corrected chi connectivity index (χ0v) is 9.67. The van der Waals surface area contributed by atoms with Gasteiger partial charge in [0.1, 0.15) is 0 Å². The van der Waals surface area contributed by atoms with Crippen molar-refractivity contribution < 1.29 is 14.6 Å². The van der Waals surface area contributed by atoms with E-state index in [9.17, 15) is 4.79 Å². The lowest BCUT2D eigenvalue weighted by Crippen LogP contribution is -2.48. The molecular formula is C11H15N3O3. The molecule has 6 nitrogen and oxygen atoms in total. The highest BCUT2D eigenvalue weighted by atomic mass is 16.5. The van der Waals surface area contributed by atoms with E-state index in [4.69, 9.17) is 9.84 Å². The molecule has 1 N–H and O–H groups in total. The summed E-state index contributed by atoms with van der Waals surface area (Å²) in [5.74, 6) is 0.613.